The predicted molar refractivity (Wildman–Crippen MR) is 102 cm³/mol. The molecule has 1 saturated carbocycles. The van der Waals surface area contributed by atoms with E-state index in [1.165, 1.54) is 13.2 Å². The first kappa shape index (κ1) is 20.2. The van der Waals surface area contributed by atoms with E-state index in [-0.39, 0.29) is 17.2 Å². The molecule has 0 unspecified atom stereocenters. The molecule has 0 heterocycles. The van der Waals surface area contributed by atoms with E-state index in [9.17, 15) is 9.18 Å². The molecule has 1 aromatic rings. The molecule has 144 valence electrons. The van der Waals surface area contributed by atoms with E-state index in [4.69, 9.17) is 0 Å². The highest BCUT2D eigenvalue weighted by atomic mass is 19.1. The molecule has 0 aromatic heterocycles. The summed E-state index contributed by atoms with van der Waals surface area (Å²) in [5, 5.41) is 6.69. The van der Waals surface area contributed by atoms with Crippen LogP contribution < -0.4 is 10.6 Å². The van der Waals surface area contributed by atoms with Crippen molar-refractivity contribution in [1.29, 1.82) is 0 Å². The summed E-state index contributed by atoms with van der Waals surface area (Å²) < 4.78 is 18.1. The second-order valence-corrected chi connectivity index (χ2v) is 6.88. The molecule has 1 aliphatic carbocycles. The van der Waals surface area contributed by atoms with Crippen LogP contribution in [0.2, 0.25) is 0 Å². The fraction of sp³-hybridized carbons (Fsp3) is 0.600. The van der Waals surface area contributed by atoms with Gasteiger partial charge in [0.15, 0.2) is 5.96 Å². The summed E-state index contributed by atoms with van der Waals surface area (Å²) in [7, 11) is 3.18. The van der Waals surface area contributed by atoms with E-state index < -0.39 is 0 Å². The predicted octanol–water partition coefficient (Wildman–Crippen LogP) is 3.15. The van der Waals surface area contributed by atoms with Crippen LogP contribution in [0.1, 0.15) is 50.5 Å². The normalized spacial score (nSPS) is 15.4. The van der Waals surface area contributed by atoms with E-state index in [2.05, 4.69) is 20.4 Å². The minimum Gasteiger partial charge on any atom is -0.469 e. The van der Waals surface area contributed by atoms with Crippen molar-refractivity contribution in [2.75, 3.05) is 27.2 Å². The lowest BCUT2D eigenvalue weighted by Gasteiger charge is -2.19. The summed E-state index contributed by atoms with van der Waals surface area (Å²) in [5.74, 6) is 0.464. The van der Waals surface area contributed by atoms with Gasteiger partial charge in [-0.3, -0.25) is 9.79 Å². The first-order valence-corrected chi connectivity index (χ1v) is 9.37. The summed E-state index contributed by atoms with van der Waals surface area (Å²) in [6.45, 7) is 1.60. The van der Waals surface area contributed by atoms with Gasteiger partial charge in [-0.25, -0.2) is 4.39 Å². The molecule has 1 aliphatic rings. The van der Waals surface area contributed by atoms with Gasteiger partial charge in [0.1, 0.15) is 5.82 Å². The maximum Gasteiger partial charge on any atom is 0.305 e. The zero-order chi connectivity index (χ0) is 18.8. The molecule has 0 amide bonds. The molecule has 5 nitrogen and oxygen atoms in total. The molecule has 0 aliphatic heterocycles. The summed E-state index contributed by atoms with van der Waals surface area (Å²) in [4.78, 5) is 15.3. The number of guanidine groups is 1. The Hall–Kier alpha value is -2.11. The average Bonchev–Trinajstić information content (AvgIpc) is 3.44. The van der Waals surface area contributed by atoms with Gasteiger partial charge in [-0.1, -0.05) is 25.0 Å². The third kappa shape index (κ3) is 6.32. The lowest BCUT2D eigenvalue weighted by Crippen LogP contribution is -2.41. The number of carbonyl (C=O) groups is 1. The molecule has 0 saturated heterocycles. The number of esters is 1. The number of hydrogen-bond acceptors (Lipinski definition) is 3. The van der Waals surface area contributed by atoms with Gasteiger partial charge in [-0.05, 0) is 43.4 Å². The van der Waals surface area contributed by atoms with Crippen molar-refractivity contribution in [1.82, 2.24) is 10.6 Å². The number of aliphatic imine (C=N–C) groups is 1. The van der Waals surface area contributed by atoms with Crippen LogP contribution in [0.3, 0.4) is 0 Å². The van der Waals surface area contributed by atoms with E-state index in [0.29, 0.717) is 6.42 Å². The van der Waals surface area contributed by atoms with E-state index in [1.54, 1.807) is 19.2 Å². The average molecular weight is 363 g/mol. The van der Waals surface area contributed by atoms with Gasteiger partial charge >= 0.3 is 5.97 Å². The topological polar surface area (TPSA) is 62.7 Å². The number of halogens is 1. The van der Waals surface area contributed by atoms with Gasteiger partial charge in [0.05, 0.1) is 7.11 Å². The number of nitrogens with one attached hydrogen (secondary N) is 2. The van der Waals surface area contributed by atoms with Gasteiger partial charge in [-0.2, -0.15) is 0 Å². The monoisotopic (exact) mass is 363 g/mol. The Morgan fingerprint density at radius 1 is 1.23 bits per heavy atom. The number of benzene rings is 1. The zero-order valence-corrected chi connectivity index (χ0v) is 15.8. The van der Waals surface area contributed by atoms with Crippen molar-refractivity contribution >= 4 is 11.9 Å². The Labute approximate surface area is 155 Å². The second-order valence-electron chi connectivity index (χ2n) is 6.88. The first-order valence-electron chi connectivity index (χ1n) is 9.37. The SMILES string of the molecule is CN=C(NCCCCCCC(=O)OC)NCC1(c2cccc(F)c2)CC1. The summed E-state index contributed by atoms with van der Waals surface area (Å²) in [5.41, 5.74) is 1.10. The Kier molecular flexibility index (Phi) is 7.88. The number of rotatable bonds is 10. The van der Waals surface area contributed by atoms with Crippen LogP contribution >= 0.6 is 0 Å². The van der Waals surface area contributed by atoms with Crippen molar-refractivity contribution in [2.24, 2.45) is 4.99 Å². The maximum absolute atomic E-state index is 13.5. The first-order chi connectivity index (χ1) is 12.6. The Bertz CT molecular complexity index is 615. The second kappa shape index (κ2) is 10.1. The standard InChI is InChI=1S/C20H30FN3O2/c1-22-19(23-13-6-4-3-5-10-18(25)26-2)24-15-20(11-12-20)16-8-7-9-17(21)14-16/h7-9,14H,3-6,10-13,15H2,1-2H3,(H2,22,23,24). The molecule has 26 heavy (non-hydrogen) atoms. The van der Waals surface area contributed by atoms with E-state index in [0.717, 1.165) is 63.1 Å². The van der Waals surface area contributed by atoms with Crippen molar-refractivity contribution in [2.45, 2.75) is 50.4 Å². The molecule has 0 spiro atoms. The molecule has 1 fully saturated rings. The van der Waals surface area contributed by atoms with E-state index in [1.807, 2.05) is 6.07 Å². The number of unbranched alkanes of at least 4 members (excludes halogenated alkanes) is 3. The Balaban J connectivity index is 1.63. The van der Waals surface area contributed by atoms with Gasteiger partial charge in [0.25, 0.3) is 0 Å². The summed E-state index contributed by atoms with van der Waals surface area (Å²) in [6, 6.07) is 6.90. The van der Waals surface area contributed by atoms with Crippen LogP contribution in [-0.4, -0.2) is 39.2 Å². The number of nitrogens with zero attached hydrogens (tertiary/aromatic N) is 1. The molecular weight excluding hydrogens is 333 g/mol. The maximum atomic E-state index is 13.5. The van der Waals surface area contributed by atoms with Crippen molar-refractivity contribution < 1.29 is 13.9 Å². The molecule has 0 bridgehead atoms. The molecular formula is C20H30FN3O2. The molecule has 2 N–H and O–H groups in total. The molecule has 1 aromatic carbocycles. The summed E-state index contributed by atoms with van der Waals surface area (Å²) >= 11 is 0. The van der Waals surface area contributed by atoms with Crippen molar-refractivity contribution in [3.63, 3.8) is 0 Å². The largest absolute Gasteiger partial charge is 0.469 e. The molecule has 0 atom stereocenters. The van der Waals surface area contributed by atoms with Gasteiger partial charge in [0.2, 0.25) is 0 Å². The van der Waals surface area contributed by atoms with Gasteiger partial charge < -0.3 is 15.4 Å². The number of methoxy groups -OCH3 is 1. The smallest absolute Gasteiger partial charge is 0.305 e. The third-order valence-corrected chi connectivity index (χ3v) is 4.94. The number of carbonyl (C=O) groups excluding carboxylic acids is 1. The summed E-state index contributed by atoms with van der Waals surface area (Å²) in [6.07, 6.45) is 6.61. The minimum atomic E-state index is -0.177. The fourth-order valence-corrected chi connectivity index (χ4v) is 3.07. The quantitative estimate of drug-likeness (QED) is 0.290. The Morgan fingerprint density at radius 2 is 2.00 bits per heavy atom. The minimum absolute atomic E-state index is 0.0353. The molecule has 0 radical (unpaired) electrons. The van der Waals surface area contributed by atoms with Crippen LogP contribution in [0.4, 0.5) is 4.39 Å². The highest BCUT2D eigenvalue weighted by Gasteiger charge is 2.44. The van der Waals surface area contributed by atoms with E-state index >= 15 is 0 Å². The molecule has 2 rings (SSSR count). The van der Waals surface area contributed by atoms with Crippen LogP contribution in [-0.2, 0) is 14.9 Å². The lowest BCUT2D eigenvalue weighted by atomic mass is 9.96. The number of hydrogen-bond donors (Lipinski definition) is 2. The lowest BCUT2D eigenvalue weighted by molar-refractivity contribution is -0.140. The highest BCUT2D eigenvalue weighted by Crippen LogP contribution is 2.47. The fourth-order valence-electron chi connectivity index (χ4n) is 3.07. The van der Waals surface area contributed by atoms with Crippen molar-refractivity contribution in [3.05, 3.63) is 35.6 Å². The van der Waals surface area contributed by atoms with Gasteiger partial charge in [0, 0.05) is 32.0 Å². The van der Waals surface area contributed by atoms with Crippen LogP contribution in [0, 0.1) is 5.82 Å². The van der Waals surface area contributed by atoms with Crippen molar-refractivity contribution in [3.8, 4) is 0 Å². The van der Waals surface area contributed by atoms with Crippen LogP contribution in [0.5, 0.6) is 0 Å². The Morgan fingerprint density at radius 3 is 2.65 bits per heavy atom. The third-order valence-electron chi connectivity index (χ3n) is 4.94. The highest BCUT2D eigenvalue weighted by molar-refractivity contribution is 5.79. The van der Waals surface area contributed by atoms with Gasteiger partial charge in [-0.15, -0.1) is 0 Å². The van der Waals surface area contributed by atoms with Crippen LogP contribution in [0.25, 0.3) is 0 Å². The molecule has 6 heteroatoms. The zero-order valence-electron chi connectivity index (χ0n) is 15.8. The van der Waals surface area contributed by atoms with Crippen LogP contribution in [0.15, 0.2) is 29.3 Å². The number of ether oxygens (including phenoxy) is 1.